The molecule has 1 rings (SSSR count). The standard InChI is InChI=1S/C7H7BO3/c1-10-6-4-2-3-5-7(6)11-8-9/h2-5H,1H3. The van der Waals surface area contributed by atoms with Gasteiger partial charge in [-0.25, -0.2) is 0 Å². The molecule has 0 N–H and O–H groups in total. The molecular formula is C7H7BO3. The third-order valence-corrected chi connectivity index (χ3v) is 1.24. The van der Waals surface area contributed by atoms with Crippen molar-refractivity contribution in [2.75, 3.05) is 7.11 Å². The first-order valence-corrected chi connectivity index (χ1v) is 3.12. The van der Waals surface area contributed by atoms with E-state index in [2.05, 4.69) is 4.65 Å². The van der Waals surface area contributed by atoms with Crippen LogP contribution in [0.4, 0.5) is 0 Å². The number of benzene rings is 1. The molecule has 4 heteroatoms. The van der Waals surface area contributed by atoms with Crippen LogP contribution in [0.2, 0.25) is 0 Å². The number of hydrogen-bond acceptors (Lipinski definition) is 3. The summed E-state index contributed by atoms with van der Waals surface area (Å²) in [5, 5.41) is 0. The zero-order valence-electron chi connectivity index (χ0n) is 6.11. The molecule has 0 aliphatic carbocycles. The molecule has 0 aliphatic heterocycles. The van der Waals surface area contributed by atoms with Gasteiger partial charge in [-0.2, -0.15) is 0 Å². The molecule has 0 atom stereocenters. The minimum atomic E-state index is 0.373. The monoisotopic (exact) mass is 150 g/mol. The van der Waals surface area contributed by atoms with E-state index in [1.807, 2.05) is 0 Å². The number of methoxy groups -OCH3 is 1. The van der Waals surface area contributed by atoms with Crippen molar-refractivity contribution in [3.63, 3.8) is 0 Å². The van der Waals surface area contributed by atoms with Crippen LogP contribution in [0.1, 0.15) is 0 Å². The molecule has 11 heavy (non-hydrogen) atoms. The normalized spacial score (nSPS) is 8.45. The van der Waals surface area contributed by atoms with Gasteiger partial charge in [-0.1, -0.05) is 0 Å². The van der Waals surface area contributed by atoms with Gasteiger partial charge < -0.3 is 0 Å². The number of para-hydroxylation sites is 2. The summed E-state index contributed by atoms with van der Waals surface area (Å²) in [5.74, 6) is 0.990. The van der Waals surface area contributed by atoms with Gasteiger partial charge in [-0.15, -0.1) is 0 Å². The van der Waals surface area contributed by atoms with E-state index in [-0.39, 0.29) is 0 Å². The Labute approximate surface area is 65.2 Å². The Morgan fingerprint density at radius 1 is 1.27 bits per heavy atom. The Bertz CT molecular complexity index is 249. The summed E-state index contributed by atoms with van der Waals surface area (Å²) in [7, 11) is 1.89. The fourth-order valence-corrected chi connectivity index (χ4v) is 0.768. The van der Waals surface area contributed by atoms with E-state index in [1.165, 1.54) is 7.11 Å². The van der Waals surface area contributed by atoms with Crippen molar-refractivity contribution in [2.24, 2.45) is 0 Å². The van der Waals surface area contributed by atoms with E-state index in [0.717, 1.165) is 0 Å². The quantitative estimate of drug-likeness (QED) is 0.603. The van der Waals surface area contributed by atoms with Crippen molar-refractivity contribution >= 4 is 7.35 Å². The fourth-order valence-electron chi connectivity index (χ4n) is 0.768. The molecule has 1 aromatic rings. The second kappa shape index (κ2) is 3.76. The van der Waals surface area contributed by atoms with E-state index >= 15 is 0 Å². The molecule has 0 aromatic heterocycles. The molecule has 3 nitrogen and oxygen atoms in total. The van der Waals surface area contributed by atoms with Gasteiger partial charge in [0.15, 0.2) is 0 Å². The van der Waals surface area contributed by atoms with Crippen LogP contribution in [0.5, 0.6) is 11.5 Å². The van der Waals surface area contributed by atoms with Gasteiger partial charge in [0.1, 0.15) is 0 Å². The summed E-state index contributed by atoms with van der Waals surface area (Å²) in [4.78, 5) is 0. The molecule has 0 fully saturated rings. The first-order chi connectivity index (χ1) is 5.38. The summed E-state index contributed by atoms with van der Waals surface area (Å²) in [5.41, 5.74) is 0. The zero-order valence-corrected chi connectivity index (χ0v) is 6.11. The fraction of sp³-hybridized carbons (Fsp3) is 0.143. The minimum absolute atomic E-state index is 0.373. The summed E-state index contributed by atoms with van der Waals surface area (Å²) in [6, 6.07) is 6.95. The Hall–Kier alpha value is -1.32. The van der Waals surface area contributed by atoms with Crippen LogP contribution in [0, 0.1) is 0 Å². The van der Waals surface area contributed by atoms with E-state index in [4.69, 9.17) is 4.74 Å². The number of hydrogen-bond donors (Lipinski definition) is 0. The van der Waals surface area contributed by atoms with Crippen LogP contribution in [-0.2, 0) is 4.70 Å². The second-order valence-corrected chi connectivity index (χ2v) is 1.86. The first kappa shape index (κ1) is 7.79. The third-order valence-electron chi connectivity index (χ3n) is 1.24. The van der Waals surface area contributed by atoms with Crippen molar-refractivity contribution in [1.29, 1.82) is 0 Å². The average Bonchev–Trinajstić information content (AvgIpc) is 2.06. The number of rotatable bonds is 3. The molecule has 0 aliphatic rings. The van der Waals surface area contributed by atoms with Gasteiger partial charge in [-0.05, 0) is 0 Å². The van der Waals surface area contributed by atoms with Crippen LogP contribution >= 0.6 is 0 Å². The summed E-state index contributed by atoms with van der Waals surface area (Å²) >= 11 is 0. The molecule has 0 spiro atoms. The molecule has 0 radical (unpaired) electrons. The SMILES string of the molecule is COc1ccccc1OB=O. The Morgan fingerprint density at radius 2 is 1.91 bits per heavy atom. The van der Waals surface area contributed by atoms with E-state index in [0.29, 0.717) is 18.9 Å². The second-order valence-electron chi connectivity index (χ2n) is 1.86. The van der Waals surface area contributed by atoms with Gasteiger partial charge in [0.25, 0.3) is 0 Å². The van der Waals surface area contributed by atoms with Crippen LogP contribution in [0.3, 0.4) is 0 Å². The van der Waals surface area contributed by atoms with Crippen molar-refractivity contribution in [2.45, 2.75) is 0 Å². The maximum absolute atomic E-state index is 9.96. The van der Waals surface area contributed by atoms with Crippen LogP contribution < -0.4 is 9.39 Å². The van der Waals surface area contributed by atoms with Crippen molar-refractivity contribution < 1.29 is 14.1 Å². The summed E-state index contributed by atoms with van der Waals surface area (Å²) < 4.78 is 19.5. The molecule has 56 valence electrons. The molecule has 1 aromatic carbocycles. The first-order valence-electron chi connectivity index (χ1n) is 3.12. The Morgan fingerprint density at radius 3 is 2.45 bits per heavy atom. The molecule has 0 amide bonds. The summed E-state index contributed by atoms with van der Waals surface area (Å²) in [6.45, 7) is 0. The predicted molar refractivity (Wildman–Crippen MR) is 40.1 cm³/mol. The third kappa shape index (κ3) is 1.80. The molecule has 0 unspecified atom stereocenters. The van der Waals surface area contributed by atoms with Crippen LogP contribution in [0.25, 0.3) is 0 Å². The molecule has 0 bridgehead atoms. The Kier molecular flexibility index (Phi) is 2.66. The van der Waals surface area contributed by atoms with Gasteiger partial charge in [0, 0.05) is 0 Å². The summed E-state index contributed by atoms with van der Waals surface area (Å²) in [6.07, 6.45) is 0. The Balaban J connectivity index is 2.92. The maximum atomic E-state index is 9.96. The van der Waals surface area contributed by atoms with E-state index < -0.39 is 0 Å². The van der Waals surface area contributed by atoms with Gasteiger partial charge >= 0.3 is 64.3 Å². The average molecular weight is 150 g/mol. The van der Waals surface area contributed by atoms with Crippen molar-refractivity contribution in [3.8, 4) is 11.5 Å². The molecule has 0 saturated carbocycles. The zero-order chi connectivity index (χ0) is 8.10. The van der Waals surface area contributed by atoms with Gasteiger partial charge in [0.05, 0.1) is 0 Å². The molecule has 0 heterocycles. The molecule has 0 saturated heterocycles. The molecular weight excluding hydrogens is 143 g/mol. The van der Waals surface area contributed by atoms with Crippen molar-refractivity contribution in [1.82, 2.24) is 0 Å². The van der Waals surface area contributed by atoms with E-state index in [9.17, 15) is 4.70 Å². The number of ether oxygens (including phenoxy) is 1. The van der Waals surface area contributed by atoms with Crippen molar-refractivity contribution in [3.05, 3.63) is 24.3 Å². The van der Waals surface area contributed by atoms with Crippen LogP contribution in [0.15, 0.2) is 24.3 Å². The van der Waals surface area contributed by atoms with Gasteiger partial charge in [0.2, 0.25) is 0 Å². The predicted octanol–water partition coefficient (Wildman–Crippen LogP) is 1.04. The topological polar surface area (TPSA) is 35.5 Å². The van der Waals surface area contributed by atoms with E-state index in [1.54, 1.807) is 24.3 Å². The van der Waals surface area contributed by atoms with Gasteiger partial charge in [-0.3, -0.25) is 0 Å². The van der Waals surface area contributed by atoms with Crippen LogP contribution in [-0.4, -0.2) is 14.5 Å².